The van der Waals surface area contributed by atoms with E-state index in [1.807, 2.05) is 30.3 Å². The van der Waals surface area contributed by atoms with Crippen molar-refractivity contribution in [3.8, 4) is 0 Å². The highest BCUT2D eigenvalue weighted by molar-refractivity contribution is 7.91. The molecule has 3 amide bonds. The van der Waals surface area contributed by atoms with Crippen molar-refractivity contribution in [2.24, 2.45) is 0 Å². The van der Waals surface area contributed by atoms with Crippen LogP contribution in [0.15, 0.2) is 73.1 Å². The summed E-state index contributed by atoms with van der Waals surface area (Å²) in [5, 5.41) is 19.1. The van der Waals surface area contributed by atoms with Crippen LogP contribution in [0.4, 0.5) is 8.78 Å². The Hall–Kier alpha value is -4.32. The Bertz CT molecular complexity index is 1830. The molecule has 0 bridgehead atoms. The number of hydrogen-bond acceptors (Lipinski definition) is 10. The number of benzene rings is 2. The summed E-state index contributed by atoms with van der Waals surface area (Å²) in [6.45, 7) is 1.31. The van der Waals surface area contributed by atoms with E-state index in [-0.39, 0.29) is 29.8 Å². The van der Waals surface area contributed by atoms with Gasteiger partial charge in [-0.3, -0.25) is 19.4 Å². The molecule has 4 N–H and O–H groups in total. The third-order valence-corrected chi connectivity index (χ3v) is 10.4. The Morgan fingerprint density at radius 2 is 1.60 bits per heavy atom. The van der Waals surface area contributed by atoms with Crippen molar-refractivity contribution in [2.75, 3.05) is 36.7 Å². The van der Waals surface area contributed by atoms with Gasteiger partial charge in [0.05, 0.1) is 35.5 Å². The van der Waals surface area contributed by atoms with E-state index in [1.165, 1.54) is 24.5 Å². The van der Waals surface area contributed by atoms with E-state index >= 15 is 0 Å². The molecule has 17 heteroatoms. The summed E-state index contributed by atoms with van der Waals surface area (Å²) in [5.74, 6) is -6.42. The zero-order valence-corrected chi connectivity index (χ0v) is 30.5. The van der Waals surface area contributed by atoms with Gasteiger partial charge in [0.15, 0.2) is 15.9 Å². The Labute approximate surface area is 302 Å². The molecule has 4 atom stereocenters. The minimum Gasteiger partial charge on any atom is -0.388 e. The standard InChI is InChI=1S/C35H44F2N4O9S2/c1-3-4-16-52(48,49)23-30(41-33(43)26-11-8-13-38-22-26)34(44)40-29(20-25-18-27(36)21-28(37)19-25)31(42)32(50-15-17-51(2,46)47)35(45)39-14-12-24-9-6-5-7-10-24/h5-11,13,18-19,21-22,29-32,42H,3-4,12,14-17,20,23H2,1-2H3,(H,39,45)(H,40,44)(H,41,43)/t29-,30?,31+,32+/m0/s1. The fraction of sp³-hybridized carbons (Fsp3) is 0.429. The number of aliphatic hydroxyl groups excluding tert-OH is 1. The van der Waals surface area contributed by atoms with Gasteiger partial charge in [0.25, 0.3) is 11.8 Å². The van der Waals surface area contributed by atoms with Gasteiger partial charge in [-0.05, 0) is 54.7 Å². The van der Waals surface area contributed by atoms with Crippen molar-refractivity contribution in [2.45, 2.75) is 56.9 Å². The van der Waals surface area contributed by atoms with Crippen molar-refractivity contribution in [3.63, 3.8) is 0 Å². The Morgan fingerprint density at radius 1 is 0.904 bits per heavy atom. The maximum absolute atomic E-state index is 14.3. The molecule has 0 saturated heterocycles. The first kappa shape index (κ1) is 42.1. The number of sulfone groups is 2. The third kappa shape index (κ3) is 14.7. The zero-order chi connectivity index (χ0) is 38.3. The highest BCUT2D eigenvalue weighted by atomic mass is 32.2. The summed E-state index contributed by atoms with van der Waals surface area (Å²) in [6.07, 6.45) is 0.437. The molecule has 2 aromatic carbocycles. The Kier molecular flexibility index (Phi) is 16.2. The molecule has 1 heterocycles. The van der Waals surface area contributed by atoms with Gasteiger partial charge in [0.2, 0.25) is 5.91 Å². The number of halogens is 2. The molecule has 1 unspecified atom stereocenters. The number of ether oxygens (including phenoxy) is 1. The van der Waals surface area contributed by atoms with Crippen LogP contribution in [0.2, 0.25) is 0 Å². The number of carbonyl (C=O) groups is 3. The number of carbonyl (C=O) groups excluding carboxylic acids is 3. The number of nitrogens with one attached hydrogen (secondary N) is 3. The second-order valence-corrected chi connectivity index (χ2v) is 16.8. The van der Waals surface area contributed by atoms with Crippen molar-refractivity contribution in [1.82, 2.24) is 20.9 Å². The normalized spacial score (nSPS) is 14.1. The molecule has 1 aromatic heterocycles. The monoisotopic (exact) mass is 766 g/mol. The zero-order valence-electron chi connectivity index (χ0n) is 28.8. The van der Waals surface area contributed by atoms with E-state index in [4.69, 9.17) is 4.74 Å². The molecule has 0 aliphatic carbocycles. The van der Waals surface area contributed by atoms with Gasteiger partial charge in [-0.25, -0.2) is 25.6 Å². The van der Waals surface area contributed by atoms with Gasteiger partial charge in [0, 0.05) is 31.3 Å². The molecule has 0 aliphatic rings. The SMILES string of the molecule is CCCCS(=O)(=O)CC(NC(=O)c1cccnc1)C(=O)N[C@@H](Cc1cc(F)cc(F)c1)[C@@H](O)[C@@H](OCCS(C)(=O)=O)C(=O)NCCc1ccccc1. The lowest BCUT2D eigenvalue weighted by Crippen LogP contribution is -2.59. The number of rotatable bonds is 21. The summed E-state index contributed by atoms with van der Waals surface area (Å²) in [5.41, 5.74) is 0.835. The highest BCUT2D eigenvalue weighted by Crippen LogP contribution is 2.16. The van der Waals surface area contributed by atoms with Crippen LogP contribution in [-0.4, -0.2) is 106 Å². The smallest absolute Gasteiger partial charge is 0.253 e. The predicted octanol–water partition coefficient (Wildman–Crippen LogP) is 1.55. The second kappa shape index (κ2) is 20.1. The third-order valence-electron chi connectivity index (χ3n) is 7.77. The molecule has 0 saturated carbocycles. The first-order valence-corrected chi connectivity index (χ1v) is 20.4. The summed E-state index contributed by atoms with van der Waals surface area (Å²) in [6, 6.07) is 11.1. The Balaban J connectivity index is 1.97. The summed E-state index contributed by atoms with van der Waals surface area (Å²) < 4.78 is 83.8. The molecular formula is C35H44F2N4O9S2. The van der Waals surface area contributed by atoms with Crippen LogP contribution in [-0.2, 0) is 46.8 Å². The van der Waals surface area contributed by atoms with Gasteiger partial charge < -0.3 is 25.8 Å². The average molecular weight is 767 g/mol. The molecule has 52 heavy (non-hydrogen) atoms. The van der Waals surface area contributed by atoms with Crippen LogP contribution in [0.1, 0.15) is 41.3 Å². The first-order chi connectivity index (χ1) is 24.6. The van der Waals surface area contributed by atoms with E-state index in [0.29, 0.717) is 18.9 Å². The molecule has 284 valence electrons. The van der Waals surface area contributed by atoms with E-state index in [2.05, 4.69) is 20.9 Å². The number of hydrogen-bond donors (Lipinski definition) is 4. The lowest BCUT2D eigenvalue weighted by molar-refractivity contribution is -0.143. The van der Waals surface area contributed by atoms with Crippen LogP contribution in [0.3, 0.4) is 0 Å². The number of amides is 3. The van der Waals surface area contributed by atoms with Crippen LogP contribution < -0.4 is 16.0 Å². The number of unbranched alkanes of at least 4 members (excludes halogenated alkanes) is 1. The molecule has 3 aromatic rings. The first-order valence-electron chi connectivity index (χ1n) is 16.5. The number of aliphatic hydroxyl groups is 1. The van der Waals surface area contributed by atoms with E-state index in [9.17, 15) is 45.1 Å². The molecule has 0 radical (unpaired) electrons. The Morgan fingerprint density at radius 3 is 2.21 bits per heavy atom. The van der Waals surface area contributed by atoms with Crippen LogP contribution in [0.5, 0.6) is 0 Å². The van der Waals surface area contributed by atoms with Crippen molar-refractivity contribution in [3.05, 3.63) is 101 Å². The lowest BCUT2D eigenvalue weighted by Gasteiger charge is -2.31. The summed E-state index contributed by atoms with van der Waals surface area (Å²) in [7, 11) is -7.51. The van der Waals surface area contributed by atoms with E-state index in [1.54, 1.807) is 6.92 Å². The highest BCUT2D eigenvalue weighted by Gasteiger charge is 2.37. The molecular weight excluding hydrogens is 723 g/mol. The van der Waals surface area contributed by atoms with Crippen LogP contribution in [0, 0.1) is 11.6 Å². The van der Waals surface area contributed by atoms with Crippen LogP contribution in [0.25, 0.3) is 0 Å². The summed E-state index contributed by atoms with van der Waals surface area (Å²) in [4.78, 5) is 44.3. The fourth-order valence-corrected chi connectivity index (χ4v) is 7.13. The molecule has 0 spiro atoms. The van der Waals surface area contributed by atoms with Gasteiger partial charge >= 0.3 is 0 Å². The predicted molar refractivity (Wildman–Crippen MR) is 190 cm³/mol. The molecule has 13 nitrogen and oxygen atoms in total. The molecule has 0 fully saturated rings. The average Bonchev–Trinajstić information content (AvgIpc) is 3.08. The fourth-order valence-electron chi connectivity index (χ4n) is 5.09. The number of aromatic nitrogens is 1. The maximum Gasteiger partial charge on any atom is 0.253 e. The second-order valence-electron chi connectivity index (χ2n) is 12.3. The van der Waals surface area contributed by atoms with Crippen molar-refractivity contribution >= 4 is 37.4 Å². The van der Waals surface area contributed by atoms with Crippen LogP contribution >= 0.6 is 0 Å². The largest absolute Gasteiger partial charge is 0.388 e. The van der Waals surface area contributed by atoms with Crippen molar-refractivity contribution < 1.29 is 49.8 Å². The lowest BCUT2D eigenvalue weighted by atomic mass is 9.96. The van der Waals surface area contributed by atoms with Gasteiger partial charge in [0.1, 0.15) is 33.6 Å². The molecule has 0 aliphatic heterocycles. The van der Waals surface area contributed by atoms with Crippen molar-refractivity contribution in [1.29, 1.82) is 0 Å². The number of pyridine rings is 1. The quantitative estimate of drug-likeness (QED) is 0.124. The topological polar surface area (TPSA) is 198 Å². The minimum absolute atomic E-state index is 0.0181. The molecule has 3 rings (SSSR count). The summed E-state index contributed by atoms with van der Waals surface area (Å²) >= 11 is 0. The van der Waals surface area contributed by atoms with Gasteiger partial charge in [-0.2, -0.15) is 0 Å². The number of nitrogens with zero attached hydrogens (tertiary/aromatic N) is 1. The minimum atomic E-state index is -3.93. The maximum atomic E-state index is 14.3. The van der Waals surface area contributed by atoms with E-state index in [0.717, 1.165) is 24.0 Å². The van der Waals surface area contributed by atoms with Gasteiger partial charge in [-0.15, -0.1) is 0 Å². The van der Waals surface area contributed by atoms with Gasteiger partial charge in [-0.1, -0.05) is 43.7 Å². The van der Waals surface area contributed by atoms with E-state index < -0.39 is 97.9 Å².